The Labute approximate surface area is 88.8 Å². The Balaban J connectivity index is 2.94. The molecule has 0 atom stereocenters. The summed E-state index contributed by atoms with van der Waals surface area (Å²) in [5.74, 6) is -3.04. The van der Waals surface area contributed by atoms with E-state index in [0.717, 1.165) is 0 Å². The van der Waals surface area contributed by atoms with Crippen LogP contribution in [0.2, 0.25) is 0 Å². The van der Waals surface area contributed by atoms with E-state index in [1.807, 2.05) is 0 Å². The Morgan fingerprint density at radius 3 is 2.38 bits per heavy atom. The van der Waals surface area contributed by atoms with Crippen LogP contribution in [0.15, 0.2) is 18.2 Å². The quantitative estimate of drug-likeness (QED) is 0.610. The number of benzene rings is 1. The van der Waals surface area contributed by atoms with E-state index in [-0.39, 0.29) is 16.7 Å². The summed E-state index contributed by atoms with van der Waals surface area (Å²) in [6.07, 6.45) is 0. The first-order chi connectivity index (χ1) is 7.52. The van der Waals surface area contributed by atoms with Gasteiger partial charge in [-0.1, -0.05) is 6.07 Å². The van der Waals surface area contributed by atoms with Crippen LogP contribution in [-0.4, -0.2) is 32.2 Å². The Kier molecular flexibility index (Phi) is 2.05. The van der Waals surface area contributed by atoms with Crippen LogP contribution in [0, 0.1) is 0 Å². The summed E-state index contributed by atoms with van der Waals surface area (Å²) in [7, 11) is 0. The number of hydrogen-bond acceptors (Lipinski definition) is 3. The molecule has 0 fully saturated rings. The smallest absolute Gasteiger partial charge is 0.353 e. The highest BCUT2D eigenvalue weighted by molar-refractivity contribution is 6.13. The largest absolute Gasteiger partial charge is 0.507 e. The number of aromatic carboxylic acids is 2. The lowest BCUT2D eigenvalue weighted by molar-refractivity contribution is 0.0649. The van der Waals surface area contributed by atoms with Crippen LogP contribution >= 0.6 is 0 Å². The zero-order valence-corrected chi connectivity index (χ0v) is 7.89. The highest BCUT2D eigenvalue weighted by Crippen LogP contribution is 2.30. The zero-order valence-electron chi connectivity index (χ0n) is 7.89. The average Bonchev–Trinajstić information content (AvgIpc) is 2.58. The summed E-state index contributed by atoms with van der Waals surface area (Å²) in [4.78, 5) is 24.2. The van der Waals surface area contributed by atoms with Crippen LogP contribution < -0.4 is 0 Å². The first-order valence-electron chi connectivity index (χ1n) is 4.32. The molecule has 0 spiro atoms. The molecule has 0 bridgehead atoms. The van der Waals surface area contributed by atoms with Gasteiger partial charge in [-0.3, -0.25) is 0 Å². The molecule has 1 heterocycles. The number of carboxylic acids is 2. The molecule has 1 aromatic heterocycles. The number of H-pyrrole nitrogens is 1. The standard InChI is InChI=1S/C10H7NO5/c12-5-3-1-2-4-6(5)7(9(13)14)8(11-4)10(15)16/h1-3,11-12H,(H,13,14)(H,15,16). The molecule has 0 unspecified atom stereocenters. The molecule has 2 rings (SSSR count). The van der Waals surface area contributed by atoms with Crippen molar-refractivity contribution in [2.24, 2.45) is 0 Å². The van der Waals surface area contributed by atoms with Crippen molar-refractivity contribution in [2.45, 2.75) is 0 Å². The number of hydrogen-bond donors (Lipinski definition) is 4. The summed E-state index contributed by atoms with van der Waals surface area (Å²) >= 11 is 0. The number of fused-ring (bicyclic) bond motifs is 1. The molecule has 0 saturated heterocycles. The van der Waals surface area contributed by atoms with Gasteiger partial charge in [0.1, 0.15) is 17.0 Å². The Morgan fingerprint density at radius 2 is 1.81 bits per heavy atom. The lowest BCUT2D eigenvalue weighted by Crippen LogP contribution is -2.06. The molecule has 4 N–H and O–H groups in total. The Morgan fingerprint density at radius 1 is 1.12 bits per heavy atom. The molecule has 0 aliphatic rings. The fourth-order valence-corrected chi connectivity index (χ4v) is 1.60. The lowest BCUT2D eigenvalue weighted by Gasteiger charge is -1.96. The number of rotatable bonds is 2. The fraction of sp³-hybridized carbons (Fsp3) is 0. The first kappa shape index (κ1) is 10.0. The van der Waals surface area contributed by atoms with E-state index in [1.165, 1.54) is 18.2 Å². The maximum atomic E-state index is 11.0. The molecule has 6 nitrogen and oxygen atoms in total. The molecular weight excluding hydrogens is 214 g/mol. The van der Waals surface area contributed by atoms with Gasteiger partial charge in [0.2, 0.25) is 0 Å². The third kappa shape index (κ3) is 1.28. The molecule has 0 saturated carbocycles. The average molecular weight is 221 g/mol. The highest BCUT2D eigenvalue weighted by Gasteiger charge is 2.24. The SMILES string of the molecule is O=C(O)c1[nH]c2cccc(O)c2c1C(=O)O. The van der Waals surface area contributed by atoms with Gasteiger partial charge in [-0.25, -0.2) is 9.59 Å². The highest BCUT2D eigenvalue weighted by atomic mass is 16.4. The molecule has 0 radical (unpaired) electrons. The number of aromatic hydroxyl groups is 1. The number of aromatic amines is 1. The second kappa shape index (κ2) is 3.27. The minimum atomic E-state index is -1.40. The van der Waals surface area contributed by atoms with Crippen molar-refractivity contribution in [3.63, 3.8) is 0 Å². The van der Waals surface area contributed by atoms with E-state index in [1.54, 1.807) is 0 Å². The van der Waals surface area contributed by atoms with E-state index in [2.05, 4.69) is 4.98 Å². The third-order valence-electron chi connectivity index (χ3n) is 2.23. The summed E-state index contributed by atoms with van der Waals surface area (Å²) in [5.41, 5.74) is -0.598. The van der Waals surface area contributed by atoms with Gasteiger partial charge < -0.3 is 20.3 Å². The van der Waals surface area contributed by atoms with Crippen LogP contribution in [0.3, 0.4) is 0 Å². The number of carboxylic acid groups (broad SMARTS) is 2. The number of nitrogens with one attached hydrogen (secondary N) is 1. The predicted molar refractivity (Wildman–Crippen MR) is 53.9 cm³/mol. The van der Waals surface area contributed by atoms with Crippen LogP contribution in [0.5, 0.6) is 5.75 Å². The summed E-state index contributed by atoms with van der Waals surface area (Å²) in [5, 5.41) is 27.3. The van der Waals surface area contributed by atoms with Crippen LogP contribution in [0.25, 0.3) is 10.9 Å². The minimum absolute atomic E-state index is 0.00685. The van der Waals surface area contributed by atoms with Crippen molar-refractivity contribution >= 4 is 22.8 Å². The second-order valence-electron chi connectivity index (χ2n) is 3.19. The van der Waals surface area contributed by atoms with Crippen LogP contribution in [0.1, 0.15) is 20.8 Å². The Hall–Kier alpha value is -2.50. The van der Waals surface area contributed by atoms with Crippen molar-refractivity contribution < 1.29 is 24.9 Å². The van der Waals surface area contributed by atoms with E-state index < -0.39 is 23.2 Å². The van der Waals surface area contributed by atoms with E-state index in [0.29, 0.717) is 0 Å². The monoisotopic (exact) mass is 221 g/mol. The fourth-order valence-electron chi connectivity index (χ4n) is 1.60. The molecule has 16 heavy (non-hydrogen) atoms. The molecular formula is C10H7NO5. The predicted octanol–water partition coefficient (Wildman–Crippen LogP) is 1.27. The molecule has 6 heteroatoms. The van der Waals surface area contributed by atoms with E-state index in [4.69, 9.17) is 10.2 Å². The molecule has 82 valence electrons. The first-order valence-corrected chi connectivity index (χ1v) is 4.32. The van der Waals surface area contributed by atoms with E-state index >= 15 is 0 Å². The van der Waals surface area contributed by atoms with Crippen molar-refractivity contribution in [3.05, 3.63) is 29.5 Å². The van der Waals surface area contributed by atoms with Gasteiger partial charge >= 0.3 is 11.9 Å². The summed E-state index contributed by atoms with van der Waals surface area (Å²) in [6, 6.07) is 4.29. The van der Waals surface area contributed by atoms with Gasteiger partial charge in [0.25, 0.3) is 0 Å². The van der Waals surface area contributed by atoms with Crippen molar-refractivity contribution in [1.82, 2.24) is 4.98 Å². The molecule has 1 aromatic carbocycles. The summed E-state index contributed by atoms with van der Waals surface area (Å²) < 4.78 is 0. The van der Waals surface area contributed by atoms with Gasteiger partial charge in [0.15, 0.2) is 0 Å². The number of carbonyl (C=O) groups is 2. The maximum Gasteiger partial charge on any atom is 0.353 e. The van der Waals surface area contributed by atoms with Gasteiger partial charge in [0.05, 0.1) is 10.9 Å². The molecule has 2 aromatic rings. The number of phenolic OH excluding ortho intramolecular Hbond substituents is 1. The molecule has 0 amide bonds. The van der Waals surface area contributed by atoms with Gasteiger partial charge in [-0.15, -0.1) is 0 Å². The van der Waals surface area contributed by atoms with E-state index in [9.17, 15) is 14.7 Å². The number of phenols is 1. The number of aromatic nitrogens is 1. The molecule has 0 aliphatic heterocycles. The second-order valence-corrected chi connectivity index (χ2v) is 3.19. The topological polar surface area (TPSA) is 111 Å². The summed E-state index contributed by atoms with van der Waals surface area (Å²) in [6.45, 7) is 0. The van der Waals surface area contributed by atoms with Gasteiger partial charge in [-0.2, -0.15) is 0 Å². The zero-order chi connectivity index (χ0) is 11.9. The Bertz CT molecular complexity index is 599. The van der Waals surface area contributed by atoms with Crippen molar-refractivity contribution in [2.75, 3.05) is 0 Å². The normalized spacial score (nSPS) is 10.5. The van der Waals surface area contributed by atoms with Gasteiger partial charge in [0, 0.05) is 0 Å². The lowest BCUT2D eigenvalue weighted by atomic mass is 10.1. The van der Waals surface area contributed by atoms with Crippen molar-refractivity contribution in [1.29, 1.82) is 0 Å². The third-order valence-corrected chi connectivity index (χ3v) is 2.23. The maximum absolute atomic E-state index is 11.0. The van der Waals surface area contributed by atoms with Gasteiger partial charge in [-0.05, 0) is 12.1 Å². The molecule has 0 aliphatic carbocycles. The van der Waals surface area contributed by atoms with Crippen LogP contribution in [0.4, 0.5) is 0 Å². The van der Waals surface area contributed by atoms with Crippen LogP contribution in [-0.2, 0) is 0 Å². The van der Waals surface area contributed by atoms with Crippen molar-refractivity contribution in [3.8, 4) is 5.75 Å². The minimum Gasteiger partial charge on any atom is -0.507 e.